The Bertz CT molecular complexity index is 264. The lowest BCUT2D eigenvalue weighted by molar-refractivity contribution is 0.820. The fourth-order valence-corrected chi connectivity index (χ4v) is 1.62. The number of hydrogen-bond donors (Lipinski definition) is 1. The van der Waals surface area contributed by atoms with Crippen molar-refractivity contribution < 1.29 is 0 Å². The highest BCUT2D eigenvalue weighted by Gasteiger charge is 2.12. The van der Waals surface area contributed by atoms with Crippen LogP contribution in [0, 0.1) is 5.41 Å². The van der Waals surface area contributed by atoms with E-state index in [0.29, 0.717) is 5.92 Å². The van der Waals surface area contributed by atoms with Gasteiger partial charge < -0.3 is 5.41 Å². The summed E-state index contributed by atoms with van der Waals surface area (Å²) >= 11 is 0. The molecule has 1 aromatic carbocycles. The summed E-state index contributed by atoms with van der Waals surface area (Å²) in [6, 6.07) is 10.3. The predicted octanol–water partition coefficient (Wildman–Crippen LogP) is 3.61. The highest BCUT2D eigenvalue weighted by atomic mass is 14.4. The molecular weight excluding hydrogens is 158 g/mol. The zero-order chi connectivity index (χ0) is 9.68. The van der Waals surface area contributed by atoms with E-state index in [1.54, 1.807) is 0 Å². The molecule has 0 amide bonds. The minimum Gasteiger partial charge on any atom is -0.309 e. The van der Waals surface area contributed by atoms with E-state index in [1.165, 1.54) is 5.56 Å². The molecule has 1 rings (SSSR count). The van der Waals surface area contributed by atoms with E-state index in [2.05, 4.69) is 19.1 Å². The third kappa shape index (κ3) is 2.41. The lowest BCUT2D eigenvalue weighted by Crippen LogP contribution is -2.09. The van der Waals surface area contributed by atoms with Gasteiger partial charge in [0, 0.05) is 11.6 Å². The quantitative estimate of drug-likeness (QED) is 0.676. The van der Waals surface area contributed by atoms with Crippen LogP contribution < -0.4 is 0 Å². The minimum atomic E-state index is 0.325. The molecule has 0 aliphatic heterocycles. The molecule has 1 atom stereocenters. The molecule has 0 saturated heterocycles. The second kappa shape index (κ2) is 4.80. The Morgan fingerprint density at radius 2 is 1.85 bits per heavy atom. The first-order chi connectivity index (χ1) is 6.29. The van der Waals surface area contributed by atoms with Crippen molar-refractivity contribution in [3.63, 3.8) is 0 Å². The van der Waals surface area contributed by atoms with Crippen LogP contribution in [0.1, 0.15) is 38.2 Å². The van der Waals surface area contributed by atoms with Crippen molar-refractivity contribution in [1.29, 1.82) is 5.41 Å². The Hall–Kier alpha value is -1.11. The molecule has 1 aromatic rings. The van der Waals surface area contributed by atoms with Gasteiger partial charge in [-0.25, -0.2) is 0 Å². The molecule has 0 aromatic heterocycles. The first kappa shape index (κ1) is 9.97. The molecule has 0 heterocycles. The van der Waals surface area contributed by atoms with Crippen LogP contribution in [0.5, 0.6) is 0 Å². The standard InChI is InChI=1S/C12H17N/c1-3-11(12(13)4-2)10-8-6-5-7-9-10/h5-9,11,13H,3-4H2,1-2H3. The van der Waals surface area contributed by atoms with Crippen molar-refractivity contribution in [2.45, 2.75) is 32.6 Å². The molecule has 1 N–H and O–H groups in total. The first-order valence-corrected chi connectivity index (χ1v) is 4.91. The molecule has 1 heteroatoms. The molecule has 0 saturated carbocycles. The molecular formula is C12H17N. The van der Waals surface area contributed by atoms with Gasteiger partial charge in [-0.2, -0.15) is 0 Å². The number of rotatable bonds is 4. The van der Waals surface area contributed by atoms with Crippen molar-refractivity contribution in [3.8, 4) is 0 Å². The maximum absolute atomic E-state index is 7.83. The molecule has 0 aliphatic carbocycles. The fourth-order valence-electron chi connectivity index (χ4n) is 1.62. The van der Waals surface area contributed by atoms with E-state index >= 15 is 0 Å². The molecule has 70 valence electrons. The molecule has 1 nitrogen and oxygen atoms in total. The zero-order valence-electron chi connectivity index (χ0n) is 8.38. The summed E-state index contributed by atoms with van der Waals surface area (Å²) < 4.78 is 0. The van der Waals surface area contributed by atoms with Crippen molar-refractivity contribution in [1.82, 2.24) is 0 Å². The number of nitrogens with one attached hydrogen (secondary N) is 1. The van der Waals surface area contributed by atoms with Crippen LogP contribution in [0.2, 0.25) is 0 Å². The predicted molar refractivity (Wildman–Crippen MR) is 57.5 cm³/mol. The van der Waals surface area contributed by atoms with Crippen LogP contribution in [-0.4, -0.2) is 5.71 Å². The molecule has 0 radical (unpaired) electrons. The number of benzene rings is 1. The Kier molecular flexibility index (Phi) is 3.69. The third-order valence-electron chi connectivity index (χ3n) is 2.41. The van der Waals surface area contributed by atoms with Crippen molar-refractivity contribution in [2.24, 2.45) is 0 Å². The topological polar surface area (TPSA) is 23.9 Å². The molecule has 0 bridgehead atoms. The molecule has 1 unspecified atom stereocenters. The summed E-state index contributed by atoms with van der Waals surface area (Å²) in [5.41, 5.74) is 2.12. The van der Waals surface area contributed by atoms with Crippen molar-refractivity contribution in [2.75, 3.05) is 0 Å². The van der Waals surface area contributed by atoms with Gasteiger partial charge in [-0.15, -0.1) is 0 Å². The minimum absolute atomic E-state index is 0.325. The van der Waals surface area contributed by atoms with Gasteiger partial charge in [0.1, 0.15) is 0 Å². The van der Waals surface area contributed by atoms with Crippen molar-refractivity contribution in [3.05, 3.63) is 35.9 Å². The van der Waals surface area contributed by atoms with E-state index in [0.717, 1.165) is 18.6 Å². The van der Waals surface area contributed by atoms with Crippen LogP contribution in [0.25, 0.3) is 0 Å². The van der Waals surface area contributed by atoms with Gasteiger partial charge in [0.05, 0.1) is 0 Å². The first-order valence-electron chi connectivity index (χ1n) is 4.91. The lowest BCUT2D eigenvalue weighted by Gasteiger charge is -2.15. The van der Waals surface area contributed by atoms with Crippen LogP contribution in [-0.2, 0) is 0 Å². The van der Waals surface area contributed by atoms with Gasteiger partial charge in [-0.3, -0.25) is 0 Å². The van der Waals surface area contributed by atoms with E-state index < -0.39 is 0 Å². The second-order valence-electron chi connectivity index (χ2n) is 3.25. The summed E-state index contributed by atoms with van der Waals surface area (Å²) in [5.74, 6) is 0.325. The SMILES string of the molecule is CCC(=N)C(CC)c1ccccc1. The van der Waals surface area contributed by atoms with E-state index in [4.69, 9.17) is 5.41 Å². The van der Waals surface area contributed by atoms with Gasteiger partial charge in [0.2, 0.25) is 0 Å². The lowest BCUT2D eigenvalue weighted by atomic mass is 9.90. The van der Waals surface area contributed by atoms with Crippen LogP contribution in [0.15, 0.2) is 30.3 Å². The average molecular weight is 175 g/mol. The Balaban J connectivity index is 2.85. The molecule has 0 spiro atoms. The van der Waals surface area contributed by atoms with Crippen LogP contribution in [0.3, 0.4) is 0 Å². The molecule has 13 heavy (non-hydrogen) atoms. The summed E-state index contributed by atoms with van der Waals surface area (Å²) in [7, 11) is 0. The van der Waals surface area contributed by atoms with Gasteiger partial charge in [-0.05, 0) is 18.4 Å². The van der Waals surface area contributed by atoms with E-state index in [1.807, 2.05) is 25.1 Å². The van der Waals surface area contributed by atoms with Crippen molar-refractivity contribution >= 4 is 5.71 Å². The highest BCUT2D eigenvalue weighted by molar-refractivity contribution is 5.87. The molecule has 0 fully saturated rings. The van der Waals surface area contributed by atoms with Crippen LogP contribution in [0.4, 0.5) is 0 Å². The maximum atomic E-state index is 7.83. The van der Waals surface area contributed by atoms with Gasteiger partial charge in [0.25, 0.3) is 0 Å². The Morgan fingerprint density at radius 3 is 2.31 bits per heavy atom. The van der Waals surface area contributed by atoms with Gasteiger partial charge in [-0.1, -0.05) is 44.2 Å². The Morgan fingerprint density at radius 1 is 1.23 bits per heavy atom. The highest BCUT2D eigenvalue weighted by Crippen LogP contribution is 2.21. The fraction of sp³-hybridized carbons (Fsp3) is 0.417. The normalized spacial score (nSPS) is 12.5. The summed E-state index contributed by atoms with van der Waals surface area (Å²) in [6.45, 7) is 4.19. The monoisotopic (exact) mass is 175 g/mol. The smallest absolute Gasteiger partial charge is 0.0214 e. The Labute approximate surface area is 80.3 Å². The van der Waals surface area contributed by atoms with Gasteiger partial charge in [0.15, 0.2) is 0 Å². The largest absolute Gasteiger partial charge is 0.309 e. The maximum Gasteiger partial charge on any atom is 0.0214 e. The second-order valence-corrected chi connectivity index (χ2v) is 3.25. The third-order valence-corrected chi connectivity index (χ3v) is 2.41. The average Bonchev–Trinajstić information content (AvgIpc) is 2.20. The van der Waals surface area contributed by atoms with E-state index in [9.17, 15) is 0 Å². The number of hydrogen-bond acceptors (Lipinski definition) is 1. The summed E-state index contributed by atoms with van der Waals surface area (Å²) in [5, 5.41) is 7.83. The van der Waals surface area contributed by atoms with Gasteiger partial charge >= 0.3 is 0 Å². The van der Waals surface area contributed by atoms with E-state index in [-0.39, 0.29) is 0 Å². The molecule has 0 aliphatic rings. The zero-order valence-corrected chi connectivity index (χ0v) is 8.38. The van der Waals surface area contributed by atoms with Crippen LogP contribution >= 0.6 is 0 Å². The summed E-state index contributed by atoms with van der Waals surface area (Å²) in [6.07, 6.45) is 1.88. The summed E-state index contributed by atoms with van der Waals surface area (Å²) in [4.78, 5) is 0.